The molecule has 5 nitrogen and oxygen atoms in total. The first-order valence-electron chi connectivity index (χ1n) is 6.65. The standard InChI is InChI=1S/C15H17ClN2O3/c1-10(2)15(19)12-5-6-17(9-12)8-11-3-4-13(18(20)21)7-14(11)16/h3-7,9-10,15,19H,8H2,1-2H3. The molecule has 0 fully saturated rings. The lowest BCUT2D eigenvalue weighted by molar-refractivity contribution is -0.384. The number of aliphatic hydroxyl groups is 1. The molecule has 0 bridgehead atoms. The van der Waals surface area contributed by atoms with E-state index < -0.39 is 11.0 Å². The lowest BCUT2D eigenvalue weighted by Crippen LogP contribution is -2.04. The predicted molar refractivity (Wildman–Crippen MR) is 81.4 cm³/mol. The molecule has 0 radical (unpaired) electrons. The zero-order valence-corrected chi connectivity index (χ0v) is 12.6. The lowest BCUT2D eigenvalue weighted by Gasteiger charge is -2.12. The van der Waals surface area contributed by atoms with Gasteiger partial charge in [0.05, 0.1) is 16.0 Å². The fourth-order valence-electron chi connectivity index (χ4n) is 2.09. The van der Waals surface area contributed by atoms with Gasteiger partial charge in [0.2, 0.25) is 0 Å². The Hall–Kier alpha value is -1.85. The van der Waals surface area contributed by atoms with E-state index in [1.165, 1.54) is 12.1 Å². The van der Waals surface area contributed by atoms with Gasteiger partial charge in [-0.15, -0.1) is 0 Å². The van der Waals surface area contributed by atoms with Gasteiger partial charge in [-0.1, -0.05) is 25.4 Å². The summed E-state index contributed by atoms with van der Waals surface area (Å²) >= 11 is 6.08. The number of hydrogen-bond acceptors (Lipinski definition) is 3. The highest BCUT2D eigenvalue weighted by Crippen LogP contribution is 2.25. The van der Waals surface area contributed by atoms with Crippen molar-refractivity contribution in [2.75, 3.05) is 0 Å². The summed E-state index contributed by atoms with van der Waals surface area (Å²) in [5.41, 5.74) is 1.62. The first-order chi connectivity index (χ1) is 9.88. The molecule has 0 spiro atoms. The second kappa shape index (κ2) is 6.28. The van der Waals surface area contributed by atoms with Crippen molar-refractivity contribution in [3.63, 3.8) is 0 Å². The van der Waals surface area contributed by atoms with Crippen molar-refractivity contribution >= 4 is 17.3 Å². The number of non-ortho nitro benzene ring substituents is 1. The van der Waals surface area contributed by atoms with Gasteiger partial charge in [-0.2, -0.15) is 0 Å². The molecule has 2 rings (SSSR count). The number of hydrogen-bond donors (Lipinski definition) is 1. The second-order valence-corrected chi connectivity index (χ2v) is 5.75. The van der Waals surface area contributed by atoms with Crippen LogP contribution in [0.15, 0.2) is 36.7 Å². The molecule has 2 aromatic rings. The molecule has 1 unspecified atom stereocenters. The summed E-state index contributed by atoms with van der Waals surface area (Å²) < 4.78 is 1.90. The van der Waals surface area contributed by atoms with Gasteiger partial charge >= 0.3 is 0 Å². The number of nitro groups is 1. The van der Waals surface area contributed by atoms with Crippen molar-refractivity contribution < 1.29 is 10.0 Å². The van der Waals surface area contributed by atoms with Crippen LogP contribution in [0.3, 0.4) is 0 Å². The fraction of sp³-hybridized carbons (Fsp3) is 0.333. The molecule has 0 saturated carbocycles. The maximum absolute atomic E-state index is 10.7. The lowest BCUT2D eigenvalue weighted by atomic mass is 10.0. The third-order valence-corrected chi connectivity index (χ3v) is 3.70. The highest BCUT2D eigenvalue weighted by atomic mass is 35.5. The first-order valence-corrected chi connectivity index (χ1v) is 7.03. The minimum atomic E-state index is -0.501. The molecule has 0 aliphatic carbocycles. The molecule has 0 saturated heterocycles. The molecule has 1 heterocycles. The average molecular weight is 309 g/mol. The van der Waals surface area contributed by atoms with Crippen molar-refractivity contribution in [1.29, 1.82) is 0 Å². The van der Waals surface area contributed by atoms with Crippen LogP contribution in [0.2, 0.25) is 5.02 Å². The Bertz CT molecular complexity index is 652. The van der Waals surface area contributed by atoms with E-state index >= 15 is 0 Å². The molecule has 1 aromatic heterocycles. The number of halogens is 1. The summed E-state index contributed by atoms with van der Waals surface area (Å²) in [5.74, 6) is 0.142. The van der Waals surface area contributed by atoms with Gasteiger partial charge in [0, 0.05) is 31.1 Å². The molecule has 0 aliphatic heterocycles. The number of nitro benzene ring substituents is 1. The number of nitrogens with zero attached hydrogens (tertiary/aromatic N) is 2. The normalized spacial score (nSPS) is 12.6. The van der Waals surface area contributed by atoms with Crippen LogP contribution >= 0.6 is 11.6 Å². The van der Waals surface area contributed by atoms with E-state index in [2.05, 4.69) is 0 Å². The van der Waals surface area contributed by atoms with Crippen LogP contribution in [-0.2, 0) is 6.54 Å². The molecule has 21 heavy (non-hydrogen) atoms. The average Bonchev–Trinajstić information content (AvgIpc) is 2.88. The van der Waals surface area contributed by atoms with Gasteiger partial charge in [-0.3, -0.25) is 10.1 Å². The van der Waals surface area contributed by atoms with Crippen molar-refractivity contribution in [3.05, 3.63) is 62.9 Å². The summed E-state index contributed by atoms with van der Waals surface area (Å²) in [5, 5.41) is 21.1. The van der Waals surface area contributed by atoms with Crippen LogP contribution in [0, 0.1) is 16.0 Å². The number of benzene rings is 1. The highest BCUT2D eigenvalue weighted by Gasteiger charge is 2.14. The quantitative estimate of drug-likeness (QED) is 0.675. The van der Waals surface area contributed by atoms with Gasteiger partial charge in [0.1, 0.15) is 0 Å². The smallest absolute Gasteiger partial charge is 0.270 e. The Labute approximate surface area is 127 Å². The summed E-state index contributed by atoms with van der Waals surface area (Å²) in [7, 11) is 0. The van der Waals surface area contributed by atoms with E-state index in [0.717, 1.165) is 11.1 Å². The zero-order chi connectivity index (χ0) is 15.6. The minimum absolute atomic E-state index is 0.0211. The molecule has 1 aromatic carbocycles. The number of aromatic nitrogens is 1. The van der Waals surface area contributed by atoms with Crippen LogP contribution in [0.4, 0.5) is 5.69 Å². The highest BCUT2D eigenvalue weighted by molar-refractivity contribution is 6.31. The van der Waals surface area contributed by atoms with E-state index in [0.29, 0.717) is 11.6 Å². The second-order valence-electron chi connectivity index (χ2n) is 5.34. The van der Waals surface area contributed by atoms with Crippen LogP contribution in [0.5, 0.6) is 0 Å². The van der Waals surface area contributed by atoms with Gasteiger partial charge in [-0.25, -0.2) is 0 Å². The van der Waals surface area contributed by atoms with Gasteiger partial charge in [-0.05, 0) is 29.2 Å². The van der Waals surface area contributed by atoms with Crippen molar-refractivity contribution in [3.8, 4) is 0 Å². The summed E-state index contributed by atoms with van der Waals surface area (Å²) in [4.78, 5) is 10.2. The largest absolute Gasteiger partial charge is 0.388 e. The zero-order valence-electron chi connectivity index (χ0n) is 11.9. The third kappa shape index (κ3) is 3.62. The van der Waals surface area contributed by atoms with E-state index in [1.807, 2.05) is 36.9 Å². The fourth-order valence-corrected chi connectivity index (χ4v) is 2.33. The maximum atomic E-state index is 10.7. The third-order valence-electron chi connectivity index (χ3n) is 3.35. The Balaban J connectivity index is 2.17. The van der Waals surface area contributed by atoms with Crippen LogP contribution in [-0.4, -0.2) is 14.6 Å². The molecular formula is C15H17ClN2O3. The van der Waals surface area contributed by atoms with Crippen molar-refractivity contribution in [2.45, 2.75) is 26.5 Å². The van der Waals surface area contributed by atoms with Crippen LogP contribution in [0.25, 0.3) is 0 Å². The summed E-state index contributed by atoms with van der Waals surface area (Å²) in [6.45, 7) is 4.41. The molecule has 1 atom stereocenters. The summed E-state index contributed by atoms with van der Waals surface area (Å²) in [6.07, 6.45) is 3.22. The van der Waals surface area contributed by atoms with Gasteiger partial charge in [0.25, 0.3) is 5.69 Å². The molecule has 0 amide bonds. The molecular weight excluding hydrogens is 292 g/mol. The van der Waals surface area contributed by atoms with Crippen molar-refractivity contribution in [2.24, 2.45) is 5.92 Å². The van der Waals surface area contributed by atoms with E-state index in [-0.39, 0.29) is 11.6 Å². The van der Waals surface area contributed by atoms with Gasteiger partial charge < -0.3 is 9.67 Å². The van der Waals surface area contributed by atoms with Crippen LogP contribution < -0.4 is 0 Å². The molecule has 0 aliphatic rings. The van der Waals surface area contributed by atoms with Gasteiger partial charge in [0.15, 0.2) is 0 Å². The van der Waals surface area contributed by atoms with Crippen LogP contribution in [0.1, 0.15) is 31.1 Å². The molecule has 6 heteroatoms. The summed E-state index contributed by atoms with van der Waals surface area (Å²) in [6, 6.07) is 6.31. The Morgan fingerprint density at radius 3 is 2.67 bits per heavy atom. The monoisotopic (exact) mass is 308 g/mol. The number of aliphatic hydroxyl groups excluding tert-OH is 1. The van der Waals surface area contributed by atoms with E-state index in [1.54, 1.807) is 6.07 Å². The molecule has 1 N–H and O–H groups in total. The van der Waals surface area contributed by atoms with E-state index in [4.69, 9.17) is 11.6 Å². The predicted octanol–water partition coefficient (Wildman–Crippen LogP) is 3.79. The minimum Gasteiger partial charge on any atom is -0.388 e. The van der Waals surface area contributed by atoms with Crippen molar-refractivity contribution in [1.82, 2.24) is 4.57 Å². The Morgan fingerprint density at radius 2 is 2.10 bits per heavy atom. The number of rotatable bonds is 5. The molecule has 112 valence electrons. The first kappa shape index (κ1) is 15.5. The maximum Gasteiger partial charge on any atom is 0.270 e. The Kier molecular flexibility index (Phi) is 4.65. The Morgan fingerprint density at radius 1 is 1.38 bits per heavy atom. The van der Waals surface area contributed by atoms with E-state index in [9.17, 15) is 15.2 Å². The topological polar surface area (TPSA) is 68.3 Å². The SMILES string of the molecule is CC(C)C(O)c1ccn(Cc2ccc([N+](=O)[O-])cc2Cl)c1.